The van der Waals surface area contributed by atoms with E-state index >= 15 is 0 Å². The summed E-state index contributed by atoms with van der Waals surface area (Å²) in [7, 11) is 0. The smallest absolute Gasteiger partial charge is 0.242 e. The summed E-state index contributed by atoms with van der Waals surface area (Å²) >= 11 is 0. The third-order valence-electron chi connectivity index (χ3n) is 3.04. The number of fused-ring (bicyclic) bond motifs is 1. The summed E-state index contributed by atoms with van der Waals surface area (Å²) in [6, 6.07) is 7.37. The Morgan fingerprint density at radius 2 is 1.95 bits per heavy atom. The maximum absolute atomic E-state index is 11.9. The van der Waals surface area contributed by atoms with Gasteiger partial charge in [0, 0.05) is 18.5 Å². The lowest BCUT2D eigenvalue weighted by atomic mass is 10.2. The van der Waals surface area contributed by atoms with E-state index in [2.05, 4.69) is 25.9 Å². The summed E-state index contributed by atoms with van der Waals surface area (Å²) in [5.41, 5.74) is 0.842. The van der Waals surface area contributed by atoms with Gasteiger partial charge in [-0.05, 0) is 32.9 Å². The topological polar surface area (TPSA) is 78.9 Å². The Kier molecular flexibility index (Phi) is 4.92. The molecule has 6 heteroatoms. The second kappa shape index (κ2) is 6.88. The molecular weight excluding hydrogens is 266 g/mol. The summed E-state index contributed by atoms with van der Waals surface area (Å²) < 4.78 is 0. The summed E-state index contributed by atoms with van der Waals surface area (Å²) in [6.07, 6.45) is 0. The second-order valence-electron chi connectivity index (χ2n) is 4.70. The van der Waals surface area contributed by atoms with E-state index in [1.807, 2.05) is 45.0 Å². The first-order valence-electron chi connectivity index (χ1n) is 7.20. The van der Waals surface area contributed by atoms with E-state index in [1.54, 1.807) is 0 Å². The number of hydrogen-bond donors (Lipinski definition) is 3. The van der Waals surface area contributed by atoms with Gasteiger partial charge in [-0.15, -0.1) is 0 Å². The van der Waals surface area contributed by atoms with Gasteiger partial charge in [-0.25, -0.2) is 4.98 Å². The molecule has 6 nitrogen and oxygen atoms in total. The molecule has 0 spiro atoms. The van der Waals surface area contributed by atoms with Crippen molar-refractivity contribution in [3.8, 4) is 0 Å². The van der Waals surface area contributed by atoms with E-state index in [-0.39, 0.29) is 11.9 Å². The van der Waals surface area contributed by atoms with E-state index in [0.717, 1.165) is 17.4 Å². The number of carbonyl (C=O) groups excluding carboxylic acids is 1. The van der Waals surface area contributed by atoms with Gasteiger partial charge in [0.15, 0.2) is 0 Å². The van der Waals surface area contributed by atoms with Crippen molar-refractivity contribution in [1.29, 1.82) is 0 Å². The Labute approximate surface area is 124 Å². The van der Waals surface area contributed by atoms with Gasteiger partial charge in [0.05, 0.1) is 5.52 Å². The van der Waals surface area contributed by atoms with Gasteiger partial charge in [-0.3, -0.25) is 4.79 Å². The molecule has 1 aromatic carbocycles. The van der Waals surface area contributed by atoms with Gasteiger partial charge in [-0.2, -0.15) is 4.98 Å². The molecule has 0 saturated carbocycles. The lowest BCUT2D eigenvalue weighted by Gasteiger charge is -2.16. The average Bonchev–Trinajstić information content (AvgIpc) is 2.48. The highest BCUT2D eigenvalue weighted by Gasteiger charge is 2.14. The Bertz CT molecular complexity index is 628. The number of likely N-dealkylation sites (N-methyl/N-ethyl adjacent to an activating group) is 1. The molecule has 0 aliphatic carbocycles. The van der Waals surface area contributed by atoms with Crippen LogP contribution in [0.2, 0.25) is 0 Å². The van der Waals surface area contributed by atoms with Crippen molar-refractivity contribution >= 4 is 28.6 Å². The van der Waals surface area contributed by atoms with Gasteiger partial charge in [0.1, 0.15) is 11.9 Å². The number of para-hydroxylation sites is 1. The highest BCUT2D eigenvalue weighted by atomic mass is 16.2. The van der Waals surface area contributed by atoms with Crippen molar-refractivity contribution in [3.05, 3.63) is 24.3 Å². The minimum Gasteiger partial charge on any atom is -0.358 e. The minimum absolute atomic E-state index is 0.0507. The van der Waals surface area contributed by atoms with Crippen LogP contribution in [0.25, 0.3) is 10.9 Å². The fraction of sp³-hybridized carbons (Fsp3) is 0.400. The molecule has 112 valence electrons. The molecule has 0 bridgehead atoms. The molecule has 0 saturated heterocycles. The average molecular weight is 287 g/mol. The van der Waals surface area contributed by atoms with E-state index in [1.165, 1.54) is 0 Å². The summed E-state index contributed by atoms with van der Waals surface area (Å²) in [6.45, 7) is 7.05. The summed E-state index contributed by atoms with van der Waals surface area (Å²) in [5.74, 6) is 1.17. The lowest BCUT2D eigenvalue weighted by Crippen LogP contribution is -2.37. The molecular formula is C15H21N5O. The first-order chi connectivity index (χ1) is 10.2. The quantitative estimate of drug-likeness (QED) is 0.757. The third kappa shape index (κ3) is 3.59. The van der Waals surface area contributed by atoms with Crippen molar-refractivity contribution in [2.45, 2.75) is 26.8 Å². The number of aromatic nitrogens is 2. The molecule has 1 amide bonds. The molecule has 0 radical (unpaired) electrons. The van der Waals surface area contributed by atoms with Gasteiger partial charge < -0.3 is 16.0 Å². The number of rotatable bonds is 6. The Morgan fingerprint density at radius 1 is 1.19 bits per heavy atom. The van der Waals surface area contributed by atoms with Crippen LogP contribution >= 0.6 is 0 Å². The van der Waals surface area contributed by atoms with E-state index in [9.17, 15) is 4.79 Å². The normalized spacial score (nSPS) is 12.0. The van der Waals surface area contributed by atoms with E-state index < -0.39 is 0 Å². The molecule has 2 aromatic rings. The highest BCUT2D eigenvalue weighted by molar-refractivity contribution is 5.92. The lowest BCUT2D eigenvalue weighted by molar-refractivity contribution is -0.121. The Balaban J connectivity index is 2.34. The fourth-order valence-electron chi connectivity index (χ4n) is 2.02. The van der Waals surface area contributed by atoms with E-state index in [4.69, 9.17) is 0 Å². The number of carbonyl (C=O) groups is 1. The second-order valence-corrected chi connectivity index (χ2v) is 4.70. The summed E-state index contributed by atoms with van der Waals surface area (Å²) in [5, 5.41) is 9.96. The number of benzene rings is 1. The van der Waals surface area contributed by atoms with Crippen molar-refractivity contribution in [1.82, 2.24) is 15.3 Å². The Morgan fingerprint density at radius 3 is 2.67 bits per heavy atom. The predicted octanol–water partition coefficient (Wildman–Crippen LogP) is 2.00. The van der Waals surface area contributed by atoms with Crippen LogP contribution in [0.5, 0.6) is 0 Å². The number of hydrogen-bond acceptors (Lipinski definition) is 5. The first kappa shape index (κ1) is 15.0. The summed E-state index contributed by atoms with van der Waals surface area (Å²) in [4.78, 5) is 20.8. The first-order valence-corrected chi connectivity index (χ1v) is 7.20. The zero-order valence-corrected chi connectivity index (χ0v) is 12.6. The molecule has 0 aliphatic rings. The Hall–Kier alpha value is -2.37. The number of amides is 1. The van der Waals surface area contributed by atoms with Crippen molar-refractivity contribution in [3.63, 3.8) is 0 Å². The molecule has 1 unspecified atom stereocenters. The zero-order chi connectivity index (χ0) is 15.2. The minimum atomic E-state index is -0.363. The monoisotopic (exact) mass is 287 g/mol. The standard InChI is InChI=1S/C15H21N5O/c1-4-16-14(21)10(3)18-13-11-8-6-7-9-12(11)19-15(20-13)17-5-2/h6-10H,4-5H2,1-3H3,(H,16,21)(H2,17,18,19,20). The fourth-order valence-corrected chi connectivity index (χ4v) is 2.02. The molecule has 0 aliphatic heterocycles. The van der Waals surface area contributed by atoms with Gasteiger partial charge in [-0.1, -0.05) is 12.1 Å². The van der Waals surface area contributed by atoms with Crippen LogP contribution in [0, 0.1) is 0 Å². The van der Waals surface area contributed by atoms with Crippen LogP contribution < -0.4 is 16.0 Å². The molecule has 0 fully saturated rings. The van der Waals surface area contributed by atoms with Crippen molar-refractivity contribution in [2.75, 3.05) is 23.7 Å². The molecule has 1 atom stereocenters. The molecule has 3 N–H and O–H groups in total. The van der Waals surface area contributed by atoms with Gasteiger partial charge >= 0.3 is 0 Å². The largest absolute Gasteiger partial charge is 0.358 e. The molecule has 1 heterocycles. The number of anilines is 2. The van der Waals surface area contributed by atoms with Crippen LogP contribution in [0.3, 0.4) is 0 Å². The molecule has 2 rings (SSSR count). The molecule has 21 heavy (non-hydrogen) atoms. The van der Waals surface area contributed by atoms with Crippen LogP contribution in [0.15, 0.2) is 24.3 Å². The van der Waals surface area contributed by atoms with Crippen molar-refractivity contribution < 1.29 is 4.79 Å². The third-order valence-corrected chi connectivity index (χ3v) is 3.04. The maximum atomic E-state index is 11.9. The van der Waals surface area contributed by atoms with Crippen LogP contribution in [0.4, 0.5) is 11.8 Å². The maximum Gasteiger partial charge on any atom is 0.242 e. The van der Waals surface area contributed by atoms with Gasteiger partial charge in [0.25, 0.3) is 0 Å². The van der Waals surface area contributed by atoms with Crippen LogP contribution in [-0.2, 0) is 4.79 Å². The van der Waals surface area contributed by atoms with E-state index in [0.29, 0.717) is 18.3 Å². The van der Waals surface area contributed by atoms with Crippen LogP contribution in [0.1, 0.15) is 20.8 Å². The highest BCUT2D eigenvalue weighted by Crippen LogP contribution is 2.22. The SMILES string of the molecule is CCNC(=O)C(C)Nc1nc(NCC)nc2ccccc12. The van der Waals surface area contributed by atoms with Gasteiger partial charge in [0.2, 0.25) is 11.9 Å². The molecule has 1 aromatic heterocycles. The predicted molar refractivity (Wildman–Crippen MR) is 85.5 cm³/mol. The number of nitrogens with zero attached hydrogens (tertiary/aromatic N) is 2. The number of nitrogens with one attached hydrogen (secondary N) is 3. The van der Waals surface area contributed by atoms with Crippen LogP contribution in [-0.4, -0.2) is 35.0 Å². The van der Waals surface area contributed by atoms with Crippen molar-refractivity contribution in [2.24, 2.45) is 0 Å². The zero-order valence-electron chi connectivity index (χ0n) is 12.6.